The van der Waals surface area contributed by atoms with Gasteiger partial charge < -0.3 is 9.64 Å². The molecule has 1 heterocycles. The minimum atomic E-state index is -0.778. The molecule has 0 aliphatic carbocycles. The Morgan fingerprint density at radius 3 is 2.30 bits per heavy atom. The van der Waals surface area contributed by atoms with Crippen LogP contribution in [0.1, 0.15) is 19.4 Å². The number of rotatable bonds is 4. The molecule has 0 aromatic heterocycles. The van der Waals surface area contributed by atoms with E-state index in [4.69, 9.17) is 23.1 Å². The van der Waals surface area contributed by atoms with Gasteiger partial charge in [0.2, 0.25) is 5.70 Å². The lowest BCUT2D eigenvalue weighted by Gasteiger charge is -2.21. The van der Waals surface area contributed by atoms with E-state index in [0.29, 0.717) is 5.57 Å². The van der Waals surface area contributed by atoms with Crippen LogP contribution in [-0.2, 0) is 4.74 Å². The van der Waals surface area contributed by atoms with Crippen LogP contribution < -0.4 is 4.90 Å². The number of hydrogen-bond donors (Lipinski definition) is 0. The molecule has 0 saturated carbocycles. The fraction of sp³-hybridized carbons (Fsp3) is 0.227. The summed E-state index contributed by atoms with van der Waals surface area (Å²) in [5.74, 6) is 0.0652. The average molecular weight is 356 g/mol. The highest BCUT2D eigenvalue weighted by Gasteiger charge is 2.38. The van der Waals surface area contributed by atoms with E-state index in [9.17, 15) is 0 Å². The first-order valence-corrected chi connectivity index (χ1v) is 8.29. The van der Waals surface area contributed by atoms with Crippen LogP contribution in [0.5, 0.6) is 0 Å². The van der Waals surface area contributed by atoms with Crippen LogP contribution in [0.15, 0.2) is 65.2 Å². The molecule has 0 bridgehead atoms. The summed E-state index contributed by atoms with van der Waals surface area (Å²) < 4.78 is 5.74. The van der Waals surface area contributed by atoms with Crippen molar-refractivity contribution in [2.45, 2.75) is 19.4 Å². The van der Waals surface area contributed by atoms with Gasteiger partial charge in [0.05, 0.1) is 19.2 Å². The van der Waals surface area contributed by atoms with Gasteiger partial charge in [-0.15, -0.1) is 0 Å². The Bertz CT molecular complexity index is 953. The van der Waals surface area contributed by atoms with Crippen LogP contribution in [-0.4, -0.2) is 19.7 Å². The van der Waals surface area contributed by atoms with E-state index in [1.807, 2.05) is 75.3 Å². The number of benzene rings is 1. The molecule has 27 heavy (non-hydrogen) atoms. The van der Waals surface area contributed by atoms with E-state index in [1.165, 1.54) is 0 Å². The molecule has 1 aromatic carbocycles. The van der Waals surface area contributed by atoms with E-state index in [-0.39, 0.29) is 17.2 Å². The van der Waals surface area contributed by atoms with Gasteiger partial charge in [-0.3, -0.25) is 0 Å². The fourth-order valence-corrected chi connectivity index (χ4v) is 2.65. The van der Waals surface area contributed by atoms with Crippen LogP contribution in [0, 0.1) is 24.5 Å². The molecule has 0 radical (unpaired) electrons. The Kier molecular flexibility index (Phi) is 5.86. The van der Waals surface area contributed by atoms with E-state index in [2.05, 4.69) is 9.69 Å². The second kappa shape index (κ2) is 8.09. The Morgan fingerprint density at radius 1 is 1.15 bits per heavy atom. The molecule has 5 nitrogen and oxygen atoms in total. The maximum atomic E-state index is 9.09. The summed E-state index contributed by atoms with van der Waals surface area (Å²) in [5, 5.41) is 9.09. The molecule has 0 fully saturated rings. The van der Waals surface area contributed by atoms with Gasteiger partial charge in [0.1, 0.15) is 11.4 Å². The molecule has 2 rings (SSSR count). The predicted molar refractivity (Wildman–Crippen MR) is 107 cm³/mol. The molecule has 0 spiro atoms. The SMILES string of the molecule is [C-]#[N+]C(C#N)=C1OC(C)(C)C(C=CC=Cc2ccc(N(C)C)cc2)=C1[N+]#[C-]. The van der Waals surface area contributed by atoms with Crippen molar-refractivity contribution in [3.63, 3.8) is 0 Å². The average Bonchev–Trinajstić information content (AvgIpc) is 2.90. The highest BCUT2D eigenvalue weighted by molar-refractivity contribution is 5.58. The van der Waals surface area contributed by atoms with Crippen LogP contribution in [0.2, 0.25) is 0 Å². The minimum Gasteiger partial charge on any atom is -0.505 e. The number of nitriles is 1. The summed E-state index contributed by atoms with van der Waals surface area (Å²) in [6, 6.07) is 9.95. The Balaban J connectivity index is 2.30. The summed E-state index contributed by atoms with van der Waals surface area (Å²) in [5.41, 5.74) is 2.08. The van der Waals surface area contributed by atoms with Gasteiger partial charge in [0, 0.05) is 25.4 Å². The van der Waals surface area contributed by atoms with Crippen LogP contribution in [0.25, 0.3) is 15.8 Å². The fourth-order valence-electron chi connectivity index (χ4n) is 2.65. The van der Waals surface area contributed by atoms with Crippen molar-refractivity contribution in [2.75, 3.05) is 19.0 Å². The van der Waals surface area contributed by atoms with Crippen molar-refractivity contribution in [1.29, 1.82) is 5.26 Å². The standard InChI is InChI=1S/C22H20N4O/c1-22(2)18(20(25-4)21(27-22)19(15-23)24-3)10-8-7-9-16-11-13-17(14-12-16)26(5)6/h7-14H,1-2,5-6H3. The number of hydrogen-bond acceptors (Lipinski definition) is 3. The molecule has 1 aromatic rings. The maximum Gasteiger partial charge on any atom is 0.292 e. The summed E-state index contributed by atoms with van der Waals surface area (Å²) in [6.45, 7) is 18.2. The first-order chi connectivity index (χ1) is 12.8. The van der Waals surface area contributed by atoms with Crippen molar-refractivity contribution >= 4 is 11.8 Å². The highest BCUT2D eigenvalue weighted by atomic mass is 16.5. The van der Waals surface area contributed by atoms with E-state index in [0.717, 1.165) is 11.3 Å². The molecule has 1 aliphatic rings. The third-order valence-corrected chi connectivity index (χ3v) is 4.09. The molecule has 1 aliphatic heterocycles. The highest BCUT2D eigenvalue weighted by Crippen LogP contribution is 2.41. The Labute approximate surface area is 160 Å². The number of ether oxygens (including phenoxy) is 1. The molecule has 0 amide bonds. The molecule has 0 unspecified atom stereocenters. The lowest BCUT2D eigenvalue weighted by Crippen LogP contribution is -2.20. The van der Waals surface area contributed by atoms with Gasteiger partial charge >= 0.3 is 0 Å². The van der Waals surface area contributed by atoms with Crippen molar-refractivity contribution in [3.05, 3.63) is 93.6 Å². The van der Waals surface area contributed by atoms with E-state index >= 15 is 0 Å². The summed E-state index contributed by atoms with van der Waals surface area (Å²) in [7, 11) is 3.99. The maximum absolute atomic E-state index is 9.09. The van der Waals surface area contributed by atoms with Crippen molar-refractivity contribution in [1.82, 2.24) is 0 Å². The topological polar surface area (TPSA) is 45.0 Å². The first-order valence-electron chi connectivity index (χ1n) is 8.29. The molecule has 134 valence electrons. The third-order valence-electron chi connectivity index (χ3n) is 4.09. The van der Waals surface area contributed by atoms with Crippen molar-refractivity contribution in [3.8, 4) is 6.07 Å². The number of allylic oxidation sites excluding steroid dienone is 3. The largest absolute Gasteiger partial charge is 0.505 e. The van der Waals surface area contributed by atoms with Crippen molar-refractivity contribution < 1.29 is 4.74 Å². The first kappa shape index (κ1) is 19.6. The molecular weight excluding hydrogens is 336 g/mol. The monoisotopic (exact) mass is 356 g/mol. The predicted octanol–water partition coefficient (Wildman–Crippen LogP) is 4.96. The smallest absolute Gasteiger partial charge is 0.292 e. The lowest BCUT2D eigenvalue weighted by molar-refractivity contribution is 0.0951. The molecule has 0 saturated heterocycles. The Hall–Kier alpha value is -3.75. The number of anilines is 1. The van der Waals surface area contributed by atoms with Crippen LogP contribution in [0.4, 0.5) is 5.69 Å². The zero-order chi connectivity index (χ0) is 20.0. The van der Waals surface area contributed by atoms with Gasteiger partial charge in [-0.2, -0.15) is 0 Å². The second-order valence-electron chi connectivity index (χ2n) is 6.59. The molecular formula is C22H20N4O. The Morgan fingerprint density at radius 2 is 1.78 bits per heavy atom. The van der Waals surface area contributed by atoms with Crippen molar-refractivity contribution in [2.24, 2.45) is 0 Å². The molecule has 0 atom stereocenters. The summed E-state index contributed by atoms with van der Waals surface area (Å²) in [4.78, 5) is 8.70. The molecule has 0 N–H and O–H groups in total. The van der Waals surface area contributed by atoms with Gasteiger partial charge in [-0.25, -0.2) is 15.0 Å². The van der Waals surface area contributed by atoms with Gasteiger partial charge in [-0.1, -0.05) is 36.4 Å². The third kappa shape index (κ3) is 4.27. The normalized spacial score (nSPS) is 17.4. The molecule has 5 heteroatoms. The van der Waals surface area contributed by atoms with Gasteiger partial charge in [0.15, 0.2) is 0 Å². The van der Waals surface area contributed by atoms with E-state index < -0.39 is 5.60 Å². The minimum absolute atomic E-state index is 0.0652. The quantitative estimate of drug-likeness (QED) is 0.435. The van der Waals surface area contributed by atoms with Crippen LogP contribution >= 0.6 is 0 Å². The number of nitrogens with zero attached hydrogens (tertiary/aromatic N) is 4. The zero-order valence-electron chi connectivity index (χ0n) is 15.8. The summed E-state index contributed by atoms with van der Waals surface area (Å²) in [6.07, 6.45) is 7.48. The lowest BCUT2D eigenvalue weighted by atomic mass is 9.97. The zero-order valence-corrected chi connectivity index (χ0v) is 15.8. The van der Waals surface area contributed by atoms with Gasteiger partial charge in [-0.05, 0) is 31.5 Å². The van der Waals surface area contributed by atoms with E-state index in [1.54, 1.807) is 12.1 Å². The van der Waals surface area contributed by atoms with Crippen LogP contribution in [0.3, 0.4) is 0 Å². The second-order valence-corrected chi connectivity index (χ2v) is 6.59. The summed E-state index contributed by atoms with van der Waals surface area (Å²) >= 11 is 0. The van der Waals surface area contributed by atoms with Gasteiger partial charge in [0.25, 0.3) is 5.70 Å².